The topological polar surface area (TPSA) is 125 Å². The van der Waals surface area contributed by atoms with E-state index in [1.807, 2.05) is 44.2 Å². The lowest BCUT2D eigenvalue weighted by atomic mass is 9.70. The number of likely N-dealkylation sites (tertiary alicyclic amines) is 1. The number of para-hydroxylation sites is 1. The summed E-state index contributed by atoms with van der Waals surface area (Å²) in [7, 11) is 0. The fraction of sp³-hybridized carbons (Fsp3) is 0.487. The summed E-state index contributed by atoms with van der Waals surface area (Å²) in [5, 5.41) is 14.0. The number of carbonyl (C=O) groups excluding carboxylic acids is 4. The van der Waals surface area contributed by atoms with Crippen LogP contribution in [0.2, 0.25) is 5.02 Å². The lowest BCUT2D eigenvalue weighted by Crippen LogP contribution is -2.60. The van der Waals surface area contributed by atoms with Gasteiger partial charge in [0, 0.05) is 17.8 Å². The van der Waals surface area contributed by atoms with E-state index in [9.17, 15) is 24.3 Å². The predicted molar refractivity (Wildman–Crippen MR) is 199 cm³/mol. The number of benzene rings is 2. The number of aliphatic hydroxyl groups is 1. The Kier molecular flexibility index (Phi) is 12.5. The lowest BCUT2D eigenvalue weighted by molar-refractivity contribution is -0.162. The first-order chi connectivity index (χ1) is 24.4. The second kappa shape index (κ2) is 16.4. The third kappa shape index (κ3) is 7.27. The highest BCUT2D eigenvalue weighted by atomic mass is 79.9. The van der Waals surface area contributed by atoms with Crippen molar-refractivity contribution in [3.63, 3.8) is 0 Å². The highest BCUT2D eigenvalue weighted by Crippen LogP contribution is 2.61. The Morgan fingerprint density at radius 2 is 1.84 bits per heavy atom. The van der Waals surface area contributed by atoms with Crippen LogP contribution in [0.25, 0.3) is 0 Å². The van der Waals surface area contributed by atoms with Gasteiger partial charge < -0.3 is 29.7 Å². The average molecular weight is 785 g/mol. The first-order valence-electron chi connectivity index (χ1n) is 17.5. The summed E-state index contributed by atoms with van der Waals surface area (Å²) < 4.78 is 13.0. The number of carbonyl (C=O) groups is 4. The number of ether oxygens (including phenoxy) is 2. The molecule has 51 heavy (non-hydrogen) atoms. The molecule has 0 radical (unpaired) electrons. The number of nitrogens with one attached hydrogen (secondary N) is 1. The van der Waals surface area contributed by atoms with Crippen molar-refractivity contribution in [2.24, 2.45) is 17.8 Å². The Bertz CT molecular complexity index is 1630. The predicted octanol–water partition coefficient (Wildman–Crippen LogP) is 5.77. The van der Waals surface area contributed by atoms with Gasteiger partial charge in [0.05, 0.1) is 47.3 Å². The molecule has 10 nitrogen and oxygen atoms in total. The zero-order valence-electron chi connectivity index (χ0n) is 29.3. The molecule has 3 fully saturated rings. The minimum atomic E-state index is -1.41. The van der Waals surface area contributed by atoms with Crippen LogP contribution in [-0.4, -0.2) is 81.5 Å². The van der Waals surface area contributed by atoms with E-state index < -0.39 is 72.2 Å². The molecule has 5 rings (SSSR count). The first-order valence-corrected chi connectivity index (χ1v) is 18.8. The van der Waals surface area contributed by atoms with Gasteiger partial charge in [-0.25, -0.2) is 0 Å². The van der Waals surface area contributed by atoms with Gasteiger partial charge in [0.25, 0.3) is 5.91 Å². The maximum atomic E-state index is 15.0. The molecule has 12 heteroatoms. The van der Waals surface area contributed by atoms with Crippen LogP contribution in [-0.2, 0) is 28.7 Å². The maximum Gasteiger partial charge on any atom is 0.313 e. The van der Waals surface area contributed by atoms with Gasteiger partial charge in [0.2, 0.25) is 11.8 Å². The van der Waals surface area contributed by atoms with Gasteiger partial charge in [0.1, 0.15) is 17.7 Å². The molecule has 2 aromatic carbocycles. The van der Waals surface area contributed by atoms with E-state index in [1.54, 1.807) is 43.3 Å². The molecule has 3 saturated heterocycles. The van der Waals surface area contributed by atoms with Crippen LogP contribution in [0.15, 0.2) is 79.9 Å². The van der Waals surface area contributed by atoms with Crippen molar-refractivity contribution in [2.45, 2.75) is 87.2 Å². The molecule has 274 valence electrons. The Labute approximate surface area is 313 Å². The van der Waals surface area contributed by atoms with Gasteiger partial charge in [-0.05, 0) is 43.4 Å². The minimum Gasteiger partial charge on any atom is -0.455 e. The van der Waals surface area contributed by atoms with E-state index in [0.29, 0.717) is 29.1 Å². The molecule has 2 bridgehead atoms. The average Bonchev–Trinajstić information content (AvgIpc) is 3.72. The van der Waals surface area contributed by atoms with Gasteiger partial charge in [-0.2, -0.15) is 0 Å². The van der Waals surface area contributed by atoms with Gasteiger partial charge in [-0.15, -0.1) is 13.2 Å². The third-order valence-corrected chi connectivity index (χ3v) is 11.8. The Balaban J connectivity index is 1.56. The number of allylic oxidation sites excluding steroid dienone is 1. The van der Waals surface area contributed by atoms with E-state index in [0.717, 1.165) is 0 Å². The summed E-state index contributed by atoms with van der Waals surface area (Å²) in [4.78, 5) is 59.7. The molecular formula is C39H47BrClN3O7. The summed E-state index contributed by atoms with van der Waals surface area (Å²) in [5.74, 6) is -4.11. The fourth-order valence-corrected chi connectivity index (χ4v) is 9.16. The van der Waals surface area contributed by atoms with Crippen LogP contribution in [0.5, 0.6) is 0 Å². The third-order valence-electron chi connectivity index (χ3n) is 10.6. The molecule has 3 amide bonds. The van der Waals surface area contributed by atoms with Gasteiger partial charge in [-0.3, -0.25) is 19.2 Å². The molecule has 2 aromatic rings. The van der Waals surface area contributed by atoms with Crippen LogP contribution in [0, 0.1) is 17.8 Å². The number of alkyl halides is 1. The van der Waals surface area contributed by atoms with Crippen molar-refractivity contribution < 1.29 is 33.8 Å². The Morgan fingerprint density at radius 3 is 2.47 bits per heavy atom. The Morgan fingerprint density at radius 1 is 1.16 bits per heavy atom. The van der Waals surface area contributed by atoms with Crippen LogP contribution in [0.4, 0.5) is 5.69 Å². The smallest absolute Gasteiger partial charge is 0.313 e. The highest BCUT2D eigenvalue weighted by molar-refractivity contribution is 9.09. The number of hydrogen-bond donors (Lipinski definition) is 2. The second-order valence-electron chi connectivity index (χ2n) is 13.7. The quantitative estimate of drug-likeness (QED) is 0.126. The molecule has 3 heterocycles. The van der Waals surface area contributed by atoms with E-state index in [4.69, 9.17) is 21.1 Å². The monoisotopic (exact) mass is 783 g/mol. The van der Waals surface area contributed by atoms with Crippen molar-refractivity contribution >= 4 is 56.9 Å². The SMILES string of the molecule is C=CCCC(=O)N[C@@H](C)[C@H](OC(=O)[C@@H]1[C@H]2O[C@@]3(CC2Br)[C@H](C(=O)N(CC=C)c2ccccc2Cl)N([C@@H](CO)[C@@H](C)CC)C(=O)[C@@H]13)c1ccccc1. The number of hydrogen-bond acceptors (Lipinski definition) is 7. The molecule has 0 aliphatic carbocycles. The number of rotatable bonds is 16. The fourth-order valence-electron chi connectivity index (χ4n) is 7.98. The number of aliphatic hydroxyl groups excluding tert-OH is 1. The van der Waals surface area contributed by atoms with Crippen molar-refractivity contribution in [2.75, 3.05) is 18.1 Å². The van der Waals surface area contributed by atoms with Gasteiger partial charge in [0.15, 0.2) is 0 Å². The van der Waals surface area contributed by atoms with E-state index >= 15 is 0 Å². The van der Waals surface area contributed by atoms with Crippen molar-refractivity contribution in [3.8, 4) is 0 Å². The number of esters is 1. The molecule has 0 aromatic heterocycles. The standard InChI is InChI=1S/C39H47BrClN3O7/c1-6-9-19-30(46)42-24(5)33(25-15-11-10-12-16-25)50-38(49)31-32-36(47)44(29(22-45)23(4)8-3)35(39(32)21-26(40)34(31)51-39)37(48)43(20-7-2)28-18-14-13-17-27(28)41/h6-7,10-18,23-24,26,29,31-35,45H,1-2,8-9,19-22H2,3-5H3,(H,42,46)/t23-,24-,26?,29-,31-,32+,33-,34-,35-,39+/m0/s1. The van der Waals surface area contributed by atoms with Crippen LogP contribution in [0.3, 0.4) is 0 Å². The molecule has 1 spiro atoms. The molecule has 10 atom stereocenters. The van der Waals surface area contributed by atoms with E-state index in [-0.39, 0.29) is 36.0 Å². The number of halogens is 2. The van der Waals surface area contributed by atoms with Gasteiger partial charge in [-0.1, -0.05) is 102 Å². The summed E-state index contributed by atoms with van der Waals surface area (Å²) in [6.45, 7) is 12.9. The molecule has 3 aliphatic heterocycles. The van der Waals surface area contributed by atoms with E-state index in [1.165, 1.54) is 9.80 Å². The summed E-state index contributed by atoms with van der Waals surface area (Å²) in [5.41, 5.74) is -0.305. The number of anilines is 1. The molecule has 3 aliphatic rings. The zero-order valence-corrected chi connectivity index (χ0v) is 31.6. The van der Waals surface area contributed by atoms with Crippen molar-refractivity contribution in [1.29, 1.82) is 0 Å². The zero-order chi connectivity index (χ0) is 37.0. The second-order valence-corrected chi connectivity index (χ2v) is 15.3. The summed E-state index contributed by atoms with van der Waals surface area (Å²) >= 11 is 10.3. The highest BCUT2D eigenvalue weighted by Gasteiger charge is 2.78. The molecular weight excluding hydrogens is 738 g/mol. The first kappa shape index (κ1) is 38.7. The molecule has 0 saturated carbocycles. The number of fused-ring (bicyclic) bond motifs is 1. The molecule has 2 N–H and O–H groups in total. The van der Waals surface area contributed by atoms with Crippen molar-refractivity contribution in [3.05, 3.63) is 90.5 Å². The minimum absolute atomic E-state index is 0.0940. The van der Waals surface area contributed by atoms with Gasteiger partial charge >= 0.3 is 5.97 Å². The molecule has 1 unspecified atom stereocenters. The maximum absolute atomic E-state index is 15.0. The van der Waals surface area contributed by atoms with Crippen LogP contribution >= 0.6 is 27.5 Å². The summed E-state index contributed by atoms with van der Waals surface area (Å²) in [6.07, 6.45) is 3.21. The number of amides is 3. The Hall–Kier alpha value is -3.51. The van der Waals surface area contributed by atoms with Crippen molar-refractivity contribution in [1.82, 2.24) is 10.2 Å². The summed E-state index contributed by atoms with van der Waals surface area (Å²) in [6, 6.07) is 13.5. The van der Waals surface area contributed by atoms with Crippen LogP contribution in [0.1, 0.15) is 58.1 Å². The normalized spacial score (nSPS) is 27.2. The number of nitrogens with zero attached hydrogens (tertiary/aromatic N) is 2. The van der Waals surface area contributed by atoms with E-state index in [2.05, 4.69) is 34.4 Å². The lowest BCUT2D eigenvalue weighted by Gasteiger charge is -2.41. The van der Waals surface area contributed by atoms with Crippen LogP contribution < -0.4 is 10.2 Å². The largest absolute Gasteiger partial charge is 0.455 e.